The Hall–Kier alpha value is -3.11. The lowest BCUT2D eigenvalue weighted by Gasteiger charge is -2.20. The van der Waals surface area contributed by atoms with Crippen LogP contribution in [0, 0.1) is 5.92 Å². The maximum atomic E-state index is 12.5. The lowest BCUT2D eigenvalue weighted by atomic mass is 10.1. The van der Waals surface area contributed by atoms with Crippen LogP contribution in [0.3, 0.4) is 0 Å². The van der Waals surface area contributed by atoms with Crippen LogP contribution in [0.4, 0.5) is 0 Å². The molecule has 2 aromatic rings. The van der Waals surface area contributed by atoms with E-state index in [-0.39, 0.29) is 24.0 Å². The van der Waals surface area contributed by atoms with Gasteiger partial charge in [0.25, 0.3) is 5.91 Å². The minimum Gasteiger partial charge on any atom is -0.494 e. The van der Waals surface area contributed by atoms with Crippen molar-refractivity contribution in [1.29, 1.82) is 0 Å². The fourth-order valence-electron chi connectivity index (χ4n) is 2.73. The number of sulfonamides is 1. The second kappa shape index (κ2) is 12.8. The summed E-state index contributed by atoms with van der Waals surface area (Å²) in [6.45, 7) is 5.73. The number of amides is 1. The summed E-state index contributed by atoms with van der Waals surface area (Å²) in [5, 5.41) is 2.58. The van der Waals surface area contributed by atoms with Crippen molar-refractivity contribution in [1.82, 2.24) is 10.0 Å². The Balaban J connectivity index is 1.76. The van der Waals surface area contributed by atoms with Crippen molar-refractivity contribution >= 4 is 21.9 Å². The maximum Gasteiger partial charge on any atom is 0.324 e. The van der Waals surface area contributed by atoms with Crippen LogP contribution >= 0.6 is 0 Å². The van der Waals surface area contributed by atoms with E-state index in [4.69, 9.17) is 14.2 Å². The third-order valence-corrected chi connectivity index (χ3v) is 5.89. The van der Waals surface area contributed by atoms with Crippen LogP contribution in [-0.4, -0.2) is 52.7 Å². The molecule has 1 amide bonds. The average molecular weight is 479 g/mol. The third kappa shape index (κ3) is 8.74. The van der Waals surface area contributed by atoms with Gasteiger partial charge in [0.05, 0.1) is 18.0 Å². The van der Waals surface area contributed by atoms with Gasteiger partial charge in [-0.2, -0.15) is 4.72 Å². The van der Waals surface area contributed by atoms with Crippen molar-refractivity contribution in [2.45, 2.75) is 31.7 Å². The van der Waals surface area contributed by atoms with Crippen molar-refractivity contribution < 1.29 is 32.2 Å². The lowest BCUT2D eigenvalue weighted by molar-refractivity contribution is -0.151. The van der Waals surface area contributed by atoms with E-state index in [9.17, 15) is 18.0 Å². The van der Waals surface area contributed by atoms with Crippen LogP contribution in [0.15, 0.2) is 59.5 Å². The lowest BCUT2D eigenvalue weighted by Crippen LogP contribution is -2.46. The van der Waals surface area contributed by atoms with Gasteiger partial charge < -0.3 is 19.5 Å². The second-order valence-electron chi connectivity index (χ2n) is 7.37. The summed E-state index contributed by atoms with van der Waals surface area (Å²) in [6, 6.07) is 13.7. The topological polar surface area (TPSA) is 120 Å². The number of nitrogens with one attached hydrogen (secondary N) is 2. The minimum absolute atomic E-state index is 0.0359. The first kappa shape index (κ1) is 26.1. The molecule has 10 heteroatoms. The number of hydrogen-bond acceptors (Lipinski definition) is 7. The quantitative estimate of drug-likeness (QED) is 0.334. The molecule has 0 unspecified atom stereocenters. The predicted octanol–water partition coefficient (Wildman–Crippen LogP) is 2.13. The predicted molar refractivity (Wildman–Crippen MR) is 122 cm³/mol. The van der Waals surface area contributed by atoms with E-state index in [1.54, 1.807) is 56.3 Å². The Morgan fingerprint density at radius 3 is 2.12 bits per heavy atom. The highest BCUT2D eigenvalue weighted by atomic mass is 32.2. The van der Waals surface area contributed by atoms with E-state index in [1.807, 2.05) is 6.92 Å². The van der Waals surface area contributed by atoms with E-state index in [0.29, 0.717) is 12.4 Å². The zero-order valence-electron chi connectivity index (χ0n) is 18.9. The number of rotatable bonds is 13. The molecule has 0 aliphatic rings. The molecule has 2 rings (SSSR count). The molecule has 2 aromatic carbocycles. The van der Waals surface area contributed by atoms with E-state index in [1.165, 1.54) is 12.1 Å². The number of carbonyl (C=O) groups is 2. The molecular formula is C23H30N2O7S. The van der Waals surface area contributed by atoms with Gasteiger partial charge in [-0.1, -0.05) is 32.0 Å². The standard InChI is InChI=1S/C23H30N2O7S/c1-4-30-18-10-12-19(13-11-18)31-15-14-24-21(26)16-32-23(27)22(17(2)3)25-33(28,29)20-8-6-5-7-9-20/h5-13,17,22,25H,4,14-16H2,1-3H3,(H,24,26)/t22-/m0/s1. The SMILES string of the molecule is CCOc1ccc(OCCNC(=O)COC(=O)[C@@H](NS(=O)(=O)c2ccccc2)C(C)C)cc1. The Morgan fingerprint density at radius 2 is 1.55 bits per heavy atom. The molecule has 2 N–H and O–H groups in total. The van der Waals surface area contributed by atoms with Gasteiger partial charge in [-0.3, -0.25) is 9.59 Å². The molecule has 0 fully saturated rings. The largest absolute Gasteiger partial charge is 0.494 e. The zero-order valence-corrected chi connectivity index (χ0v) is 19.8. The van der Waals surface area contributed by atoms with Gasteiger partial charge in [0.2, 0.25) is 10.0 Å². The fraction of sp³-hybridized carbons (Fsp3) is 0.391. The van der Waals surface area contributed by atoms with Gasteiger partial charge >= 0.3 is 5.97 Å². The molecule has 0 heterocycles. The summed E-state index contributed by atoms with van der Waals surface area (Å²) in [4.78, 5) is 24.4. The average Bonchev–Trinajstić information content (AvgIpc) is 2.80. The Labute approximate surface area is 194 Å². The number of carbonyl (C=O) groups excluding carboxylic acids is 2. The Kier molecular flexibility index (Phi) is 10.1. The highest BCUT2D eigenvalue weighted by molar-refractivity contribution is 7.89. The highest BCUT2D eigenvalue weighted by Gasteiger charge is 2.30. The molecule has 0 aliphatic carbocycles. The molecule has 1 atom stereocenters. The summed E-state index contributed by atoms with van der Waals surface area (Å²) in [5.41, 5.74) is 0. The second-order valence-corrected chi connectivity index (χ2v) is 9.08. The van der Waals surface area contributed by atoms with Crippen molar-refractivity contribution in [2.75, 3.05) is 26.4 Å². The maximum absolute atomic E-state index is 12.5. The van der Waals surface area contributed by atoms with Gasteiger partial charge in [0.15, 0.2) is 6.61 Å². The molecule has 180 valence electrons. The summed E-state index contributed by atoms with van der Waals surface area (Å²) >= 11 is 0. The van der Waals surface area contributed by atoms with Crippen LogP contribution in [-0.2, 0) is 24.3 Å². The first-order valence-corrected chi connectivity index (χ1v) is 12.1. The Morgan fingerprint density at radius 1 is 0.939 bits per heavy atom. The normalized spacial score (nSPS) is 12.1. The summed E-state index contributed by atoms with van der Waals surface area (Å²) < 4.78 is 43.3. The van der Waals surface area contributed by atoms with Crippen molar-refractivity contribution in [2.24, 2.45) is 5.92 Å². The monoisotopic (exact) mass is 478 g/mol. The minimum atomic E-state index is -3.91. The fourth-order valence-corrected chi connectivity index (χ4v) is 4.08. The first-order chi connectivity index (χ1) is 15.7. The number of esters is 1. The van der Waals surface area contributed by atoms with E-state index in [0.717, 1.165) is 5.75 Å². The van der Waals surface area contributed by atoms with E-state index in [2.05, 4.69) is 10.0 Å². The number of benzene rings is 2. The molecule has 0 spiro atoms. The molecule has 0 aromatic heterocycles. The molecule has 0 saturated carbocycles. The van der Waals surface area contributed by atoms with Crippen molar-refractivity contribution in [3.05, 3.63) is 54.6 Å². The van der Waals surface area contributed by atoms with Crippen LogP contribution in [0.5, 0.6) is 11.5 Å². The molecule has 0 radical (unpaired) electrons. The van der Waals surface area contributed by atoms with Crippen molar-refractivity contribution in [3.8, 4) is 11.5 Å². The van der Waals surface area contributed by atoms with Gasteiger partial charge in [-0.05, 0) is 49.2 Å². The van der Waals surface area contributed by atoms with E-state index < -0.39 is 34.5 Å². The van der Waals surface area contributed by atoms with Gasteiger partial charge in [-0.15, -0.1) is 0 Å². The van der Waals surface area contributed by atoms with Gasteiger partial charge in [-0.25, -0.2) is 8.42 Å². The van der Waals surface area contributed by atoms with Crippen LogP contribution in [0.1, 0.15) is 20.8 Å². The van der Waals surface area contributed by atoms with Crippen LogP contribution in [0.2, 0.25) is 0 Å². The Bertz CT molecular complexity index is 993. The highest BCUT2D eigenvalue weighted by Crippen LogP contribution is 2.17. The molecule has 0 aliphatic heterocycles. The van der Waals surface area contributed by atoms with Crippen molar-refractivity contribution in [3.63, 3.8) is 0 Å². The molecule has 0 bridgehead atoms. The zero-order chi connectivity index (χ0) is 24.3. The van der Waals surface area contributed by atoms with Crippen LogP contribution in [0.25, 0.3) is 0 Å². The molecule has 0 saturated heterocycles. The van der Waals surface area contributed by atoms with Crippen LogP contribution < -0.4 is 19.5 Å². The molecular weight excluding hydrogens is 448 g/mol. The first-order valence-electron chi connectivity index (χ1n) is 10.6. The van der Waals surface area contributed by atoms with Gasteiger partial charge in [0, 0.05) is 0 Å². The van der Waals surface area contributed by atoms with E-state index >= 15 is 0 Å². The summed E-state index contributed by atoms with van der Waals surface area (Å²) in [7, 11) is -3.91. The summed E-state index contributed by atoms with van der Waals surface area (Å²) in [5.74, 6) is -0.366. The third-order valence-electron chi connectivity index (χ3n) is 4.43. The summed E-state index contributed by atoms with van der Waals surface area (Å²) in [6.07, 6.45) is 0. The molecule has 33 heavy (non-hydrogen) atoms. The van der Waals surface area contributed by atoms with Gasteiger partial charge in [0.1, 0.15) is 24.1 Å². The number of hydrogen-bond donors (Lipinski definition) is 2. The molecule has 9 nitrogen and oxygen atoms in total. The smallest absolute Gasteiger partial charge is 0.324 e. The number of ether oxygens (including phenoxy) is 3.